The van der Waals surface area contributed by atoms with Crippen molar-refractivity contribution in [2.24, 2.45) is 11.3 Å². The Morgan fingerprint density at radius 1 is 1.28 bits per heavy atom. The van der Waals surface area contributed by atoms with Gasteiger partial charge in [-0.25, -0.2) is 0 Å². The Labute approximate surface area is 109 Å². The Balaban J connectivity index is 2.41. The standard InChI is InChI=1S/C14H25NO3/c1-10(11-7-5-4-6-8-11)15-12(16)9-14(2,3)13(17)18/h10-11H,4-9H2,1-3H3,(H,15,16)(H,17,18)/t10-/m1/s1. The van der Waals surface area contributed by atoms with Crippen LogP contribution in [0.25, 0.3) is 0 Å². The van der Waals surface area contributed by atoms with Crippen molar-refractivity contribution in [3.8, 4) is 0 Å². The number of hydrogen-bond acceptors (Lipinski definition) is 2. The molecule has 1 rings (SSSR count). The molecule has 0 saturated heterocycles. The third-order valence-electron chi connectivity index (χ3n) is 3.93. The van der Waals surface area contributed by atoms with Crippen LogP contribution in [-0.2, 0) is 9.59 Å². The van der Waals surface area contributed by atoms with Crippen LogP contribution in [-0.4, -0.2) is 23.0 Å². The summed E-state index contributed by atoms with van der Waals surface area (Å²) >= 11 is 0. The predicted molar refractivity (Wildman–Crippen MR) is 70.2 cm³/mol. The van der Waals surface area contributed by atoms with E-state index in [1.54, 1.807) is 13.8 Å². The van der Waals surface area contributed by atoms with E-state index in [9.17, 15) is 9.59 Å². The summed E-state index contributed by atoms with van der Waals surface area (Å²) in [5, 5.41) is 12.0. The van der Waals surface area contributed by atoms with E-state index in [1.165, 1.54) is 32.1 Å². The zero-order valence-electron chi connectivity index (χ0n) is 11.7. The Bertz CT molecular complexity index is 306. The molecule has 0 aromatic carbocycles. The maximum Gasteiger partial charge on any atom is 0.309 e. The van der Waals surface area contributed by atoms with Crippen LogP contribution in [0.2, 0.25) is 0 Å². The number of carboxylic acids is 1. The Morgan fingerprint density at radius 2 is 1.83 bits per heavy atom. The first-order valence-electron chi connectivity index (χ1n) is 6.85. The third kappa shape index (κ3) is 4.31. The van der Waals surface area contributed by atoms with Crippen molar-refractivity contribution in [3.63, 3.8) is 0 Å². The Morgan fingerprint density at radius 3 is 2.33 bits per heavy atom. The number of carboxylic acid groups (broad SMARTS) is 1. The van der Waals surface area contributed by atoms with Gasteiger partial charge in [0.05, 0.1) is 5.41 Å². The molecule has 1 saturated carbocycles. The lowest BCUT2D eigenvalue weighted by atomic mass is 9.84. The molecule has 1 atom stereocenters. The highest BCUT2D eigenvalue weighted by Gasteiger charge is 2.31. The molecule has 0 heterocycles. The maximum atomic E-state index is 11.8. The van der Waals surface area contributed by atoms with Gasteiger partial charge >= 0.3 is 5.97 Å². The van der Waals surface area contributed by atoms with Gasteiger partial charge in [0.2, 0.25) is 5.91 Å². The molecular weight excluding hydrogens is 230 g/mol. The third-order valence-corrected chi connectivity index (χ3v) is 3.93. The van der Waals surface area contributed by atoms with Gasteiger partial charge in [0.25, 0.3) is 0 Å². The van der Waals surface area contributed by atoms with Crippen molar-refractivity contribution in [3.05, 3.63) is 0 Å². The van der Waals surface area contributed by atoms with Gasteiger partial charge in [0.1, 0.15) is 0 Å². The molecule has 0 aliphatic heterocycles. The average molecular weight is 255 g/mol. The van der Waals surface area contributed by atoms with E-state index in [4.69, 9.17) is 5.11 Å². The van der Waals surface area contributed by atoms with Crippen LogP contribution in [0.5, 0.6) is 0 Å². The van der Waals surface area contributed by atoms with Crippen molar-refractivity contribution >= 4 is 11.9 Å². The van der Waals surface area contributed by atoms with Crippen LogP contribution in [0.4, 0.5) is 0 Å². The largest absolute Gasteiger partial charge is 0.481 e. The quantitative estimate of drug-likeness (QED) is 0.793. The van der Waals surface area contributed by atoms with Gasteiger partial charge in [-0.2, -0.15) is 0 Å². The summed E-state index contributed by atoms with van der Waals surface area (Å²) in [7, 11) is 0. The minimum atomic E-state index is -0.990. The fourth-order valence-electron chi connectivity index (χ4n) is 2.53. The second-order valence-corrected chi connectivity index (χ2v) is 6.12. The maximum absolute atomic E-state index is 11.8. The van der Waals surface area contributed by atoms with E-state index in [2.05, 4.69) is 5.32 Å². The van der Waals surface area contributed by atoms with Crippen LogP contribution >= 0.6 is 0 Å². The number of hydrogen-bond donors (Lipinski definition) is 2. The zero-order chi connectivity index (χ0) is 13.8. The summed E-state index contributed by atoms with van der Waals surface area (Å²) in [6.07, 6.45) is 6.16. The lowest BCUT2D eigenvalue weighted by Gasteiger charge is -2.29. The predicted octanol–water partition coefficient (Wildman–Crippen LogP) is 2.57. The fraction of sp³-hybridized carbons (Fsp3) is 0.857. The molecule has 4 heteroatoms. The summed E-state index contributed by atoms with van der Waals surface area (Å²) in [6.45, 7) is 5.20. The van der Waals surface area contributed by atoms with Crippen LogP contribution in [0, 0.1) is 11.3 Å². The van der Waals surface area contributed by atoms with E-state index >= 15 is 0 Å². The van der Waals surface area contributed by atoms with Crippen LogP contribution in [0.1, 0.15) is 59.3 Å². The summed E-state index contributed by atoms with van der Waals surface area (Å²) < 4.78 is 0. The summed E-state index contributed by atoms with van der Waals surface area (Å²) in [5.74, 6) is -0.529. The lowest BCUT2D eigenvalue weighted by molar-refractivity contribution is -0.149. The van der Waals surface area contributed by atoms with E-state index in [-0.39, 0.29) is 18.4 Å². The summed E-state index contributed by atoms with van der Waals surface area (Å²) in [6, 6.07) is 0.155. The molecule has 0 bridgehead atoms. The molecule has 1 amide bonds. The minimum Gasteiger partial charge on any atom is -0.481 e. The molecule has 1 aliphatic rings. The molecule has 0 spiro atoms. The smallest absolute Gasteiger partial charge is 0.309 e. The van der Waals surface area contributed by atoms with Gasteiger partial charge in [-0.05, 0) is 39.5 Å². The van der Waals surface area contributed by atoms with Gasteiger partial charge in [-0.1, -0.05) is 19.3 Å². The van der Waals surface area contributed by atoms with Gasteiger partial charge in [0.15, 0.2) is 0 Å². The van der Waals surface area contributed by atoms with Crippen molar-refractivity contribution in [2.75, 3.05) is 0 Å². The van der Waals surface area contributed by atoms with Crippen LogP contribution in [0.3, 0.4) is 0 Å². The molecular formula is C14H25NO3. The Kier molecular flexibility index (Phi) is 5.17. The van der Waals surface area contributed by atoms with Gasteiger partial charge < -0.3 is 10.4 Å². The zero-order valence-corrected chi connectivity index (χ0v) is 11.7. The van der Waals surface area contributed by atoms with Crippen molar-refractivity contribution in [1.29, 1.82) is 0 Å². The van der Waals surface area contributed by atoms with Gasteiger partial charge in [-0.15, -0.1) is 0 Å². The van der Waals surface area contributed by atoms with Crippen LogP contribution in [0.15, 0.2) is 0 Å². The van der Waals surface area contributed by atoms with E-state index in [1.807, 2.05) is 6.92 Å². The first-order chi connectivity index (χ1) is 8.33. The summed E-state index contributed by atoms with van der Waals surface area (Å²) in [5.41, 5.74) is -0.990. The number of carbonyl (C=O) groups excluding carboxylic acids is 1. The van der Waals surface area contributed by atoms with E-state index in [0.29, 0.717) is 5.92 Å². The monoisotopic (exact) mass is 255 g/mol. The number of rotatable bonds is 5. The van der Waals surface area contributed by atoms with E-state index < -0.39 is 11.4 Å². The molecule has 4 nitrogen and oxygen atoms in total. The first-order valence-corrected chi connectivity index (χ1v) is 6.85. The highest BCUT2D eigenvalue weighted by Crippen LogP contribution is 2.27. The SMILES string of the molecule is C[C@@H](NC(=O)CC(C)(C)C(=O)O)C1CCCCC1. The van der Waals surface area contributed by atoms with Crippen molar-refractivity contribution in [1.82, 2.24) is 5.32 Å². The topological polar surface area (TPSA) is 66.4 Å². The number of carbonyl (C=O) groups is 2. The minimum absolute atomic E-state index is 0.0411. The molecule has 1 aliphatic carbocycles. The number of amides is 1. The van der Waals surface area contributed by atoms with Crippen LogP contribution < -0.4 is 5.32 Å². The number of nitrogens with one attached hydrogen (secondary N) is 1. The second kappa shape index (κ2) is 6.21. The first kappa shape index (κ1) is 15.0. The highest BCUT2D eigenvalue weighted by atomic mass is 16.4. The Hall–Kier alpha value is -1.06. The van der Waals surface area contributed by atoms with E-state index in [0.717, 1.165) is 0 Å². The van der Waals surface area contributed by atoms with Crippen molar-refractivity contribution < 1.29 is 14.7 Å². The molecule has 0 aromatic heterocycles. The molecule has 104 valence electrons. The molecule has 18 heavy (non-hydrogen) atoms. The number of aliphatic carboxylic acids is 1. The molecule has 1 fully saturated rings. The normalized spacial score (nSPS) is 19.3. The second-order valence-electron chi connectivity index (χ2n) is 6.12. The van der Waals surface area contributed by atoms with Gasteiger partial charge in [0, 0.05) is 12.5 Å². The molecule has 0 radical (unpaired) electrons. The summed E-state index contributed by atoms with van der Waals surface area (Å²) in [4.78, 5) is 22.8. The molecule has 0 unspecified atom stereocenters. The fourth-order valence-corrected chi connectivity index (χ4v) is 2.53. The average Bonchev–Trinajstić information content (AvgIpc) is 2.29. The lowest BCUT2D eigenvalue weighted by Crippen LogP contribution is -2.41. The van der Waals surface area contributed by atoms with Gasteiger partial charge in [-0.3, -0.25) is 9.59 Å². The van der Waals surface area contributed by atoms with Crippen molar-refractivity contribution in [2.45, 2.75) is 65.3 Å². The highest BCUT2D eigenvalue weighted by molar-refractivity contribution is 5.84. The molecule has 0 aromatic rings. The molecule has 2 N–H and O–H groups in total.